The van der Waals surface area contributed by atoms with E-state index in [0.29, 0.717) is 18.3 Å². The highest BCUT2D eigenvalue weighted by molar-refractivity contribution is 5.82. The van der Waals surface area contributed by atoms with Crippen LogP contribution < -0.4 is 10.6 Å². The molecule has 2 heterocycles. The third-order valence-corrected chi connectivity index (χ3v) is 4.01. The standard InChI is InChI=1S/C18H23N5O2/c1-12-14-7-4-5-8-15(14)24-16(12)11-21-18(19-3)20-10-6-9-17-22-13(2)23-25-17/h4-5,7-8H,6,9-11H2,1-3H3,(H2,19,20,21). The zero-order valence-corrected chi connectivity index (χ0v) is 14.8. The number of nitrogens with one attached hydrogen (secondary N) is 2. The Morgan fingerprint density at radius 2 is 2.04 bits per heavy atom. The average molecular weight is 341 g/mol. The van der Waals surface area contributed by atoms with Gasteiger partial charge >= 0.3 is 0 Å². The van der Waals surface area contributed by atoms with Gasteiger partial charge < -0.3 is 19.6 Å². The minimum Gasteiger partial charge on any atom is -0.459 e. The van der Waals surface area contributed by atoms with Gasteiger partial charge in [-0.1, -0.05) is 23.4 Å². The van der Waals surface area contributed by atoms with E-state index < -0.39 is 0 Å². The van der Waals surface area contributed by atoms with Crippen LogP contribution in [0, 0.1) is 13.8 Å². The van der Waals surface area contributed by atoms with Gasteiger partial charge in [-0.3, -0.25) is 4.99 Å². The predicted molar refractivity (Wildman–Crippen MR) is 96.5 cm³/mol. The number of benzene rings is 1. The van der Waals surface area contributed by atoms with E-state index in [0.717, 1.165) is 47.6 Å². The van der Waals surface area contributed by atoms with Crippen LogP contribution in [0.2, 0.25) is 0 Å². The van der Waals surface area contributed by atoms with Gasteiger partial charge in [0.25, 0.3) is 0 Å². The van der Waals surface area contributed by atoms with E-state index in [1.54, 1.807) is 7.05 Å². The molecule has 0 saturated carbocycles. The number of rotatable bonds is 6. The number of nitrogens with zero attached hydrogens (tertiary/aromatic N) is 3. The zero-order valence-electron chi connectivity index (χ0n) is 14.8. The number of furan rings is 1. The van der Waals surface area contributed by atoms with Crippen molar-refractivity contribution < 1.29 is 8.94 Å². The largest absolute Gasteiger partial charge is 0.459 e. The maximum atomic E-state index is 5.91. The Bertz CT molecular complexity index is 865. The van der Waals surface area contributed by atoms with E-state index in [-0.39, 0.29) is 0 Å². The molecule has 0 radical (unpaired) electrons. The lowest BCUT2D eigenvalue weighted by atomic mass is 10.1. The Labute approximate surface area is 146 Å². The fourth-order valence-corrected chi connectivity index (χ4v) is 2.67. The lowest BCUT2D eigenvalue weighted by Crippen LogP contribution is -2.37. The summed E-state index contributed by atoms with van der Waals surface area (Å²) in [6.45, 7) is 5.24. The van der Waals surface area contributed by atoms with Gasteiger partial charge in [-0.05, 0) is 26.3 Å². The maximum Gasteiger partial charge on any atom is 0.226 e. The number of aryl methyl sites for hydroxylation is 3. The highest BCUT2D eigenvalue weighted by Crippen LogP contribution is 2.24. The lowest BCUT2D eigenvalue weighted by Gasteiger charge is -2.10. The quantitative estimate of drug-likeness (QED) is 0.407. The van der Waals surface area contributed by atoms with Gasteiger partial charge in [-0.15, -0.1) is 0 Å². The molecule has 0 aliphatic heterocycles. The molecule has 2 aromatic heterocycles. The van der Waals surface area contributed by atoms with Crippen LogP contribution in [0.5, 0.6) is 0 Å². The first-order valence-electron chi connectivity index (χ1n) is 8.38. The van der Waals surface area contributed by atoms with Gasteiger partial charge in [0.1, 0.15) is 11.3 Å². The molecule has 1 aromatic carbocycles. The Morgan fingerprint density at radius 1 is 1.20 bits per heavy atom. The van der Waals surface area contributed by atoms with Crippen LogP contribution >= 0.6 is 0 Å². The molecule has 0 aliphatic carbocycles. The van der Waals surface area contributed by atoms with Crippen LogP contribution in [0.1, 0.15) is 29.5 Å². The molecular formula is C18H23N5O2. The van der Waals surface area contributed by atoms with Crippen LogP contribution in [-0.4, -0.2) is 29.7 Å². The third-order valence-electron chi connectivity index (χ3n) is 4.01. The monoisotopic (exact) mass is 341 g/mol. The molecule has 25 heavy (non-hydrogen) atoms. The first-order chi connectivity index (χ1) is 12.2. The van der Waals surface area contributed by atoms with E-state index in [9.17, 15) is 0 Å². The number of aliphatic imine (C=N–C) groups is 1. The van der Waals surface area contributed by atoms with E-state index in [1.807, 2.05) is 25.1 Å². The summed E-state index contributed by atoms with van der Waals surface area (Å²) in [6.07, 6.45) is 1.62. The molecule has 132 valence electrons. The maximum absolute atomic E-state index is 5.91. The molecule has 0 atom stereocenters. The van der Waals surface area contributed by atoms with Gasteiger partial charge in [0.2, 0.25) is 5.89 Å². The number of aromatic nitrogens is 2. The number of hydrogen-bond acceptors (Lipinski definition) is 5. The molecule has 7 heteroatoms. The molecule has 7 nitrogen and oxygen atoms in total. The predicted octanol–water partition coefficient (Wildman–Crippen LogP) is 2.73. The third kappa shape index (κ3) is 4.17. The SMILES string of the molecule is CN=C(NCCCc1nc(C)no1)NCc1oc2ccccc2c1C. The summed E-state index contributed by atoms with van der Waals surface area (Å²) in [7, 11) is 1.75. The van der Waals surface area contributed by atoms with Crippen molar-refractivity contribution in [3.63, 3.8) is 0 Å². The zero-order chi connectivity index (χ0) is 17.6. The van der Waals surface area contributed by atoms with E-state index in [2.05, 4.69) is 38.8 Å². The second-order valence-corrected chi connectivity index (χ2v) is 5.84. The Hall–Kier alpha value is -2.83. The van der Waals surface area contributed by atoms with E-state index in [1.165, 1.54) is 0 Å². The first-order valence-corrected chi connectivity index (χ1v) is 8.38. The molecule has 0 fully saturated rings. The van der Waals surface area contributed by atoms with Crippen LogP contribution in [0.3, 0.4) is 0 Å². The van der Waals surface area contributed by atoms with Crippen molar-refractivity contribution in [3.05, 3.63) is 47.3 Å². The fourth-order valence-electron chi connectivity index (χ4n) is 2.67. The minimum absolute atomic E-state index is 0.586. The molecule has 3 rings (SSSR count). The summed E-state index contributed by atoms with van der Waals surface area (Å²) >= 11 is 0. The first kappa shape index (κ1) is 17.0. The summed E-state index contributed by atoms with van der Waals surface area (Å²) in [5, 5.41) is 11.5. The molecule has 0 saturated heterocycles. The molecule has 0 spiro atoms. The number of hydrogen-bond donors (Lipinski definition) is 2. The molecule has 3 aromatic rings. The second-order valence-electron chi connectivity index (χ2n) is 5.84. The van der Waals surface area contributed by atoms with Gasteiger partial charge in [0, 0.05) is 31.0 Å². The Kier molecular flexibility index (Phi) is 5.33. The summed E-state index contributed by atoms with van der Waals surface area (Å²) < 4.78 is 11.0. The summed E-state index contributed by atoms with van der Waals surface area (Å²) in [5.74, 6) is 2.99. The van der Waals surface area contributed by atoms with Crippen LogP contribution in [0.4, 0.5) is 0 Å². The van der Waals surface area contributed by atoms with E-state index in [4.69, 9.17) is 8.94 Å². The highest BCUT2D eigenvalue weighted by Gasteiger charge is 2.10. The number of para-hydroxylation sites is 1. The molecule has 0 bridgehead atoms. The molecule has 0 unspecified atom stereocenters. The minimum atomic E-state index is 0.586. The normalized spacial score (nSPS) is 11.9. The summed E-state index contributed by atoms with van der Waals surface area (Å²) in [5.41, 5.74) is 2.07. The number of fused-ring (bicyclic) bond motifs is 1. The smallest absolute Gasteiger partial charge is 0.226 e. The second kappa shape index (κ2) is 7.83. The van der Waals surface area contributed by atoms with Crippen LogP contribution in [0.15, 0.2) is 38.2 Å². The van der Waals surface area contributed by atoms with Crippen molar-refractivity contribution in [2.75, 3.05) is 13.6 Å². The van der Waals surface area contributed by atoms with Crippen molar-refractivity contribution in [1.82, 2.24) is 20.8 Å². The topological polar surface area (TPSA) is 88.5 Å². The van der Waals surface area contributed by atoms with E-state index >= 15 is 0 Å². The van der Waals surface area contributed by atoms with Gasteiger partial charge in [-0.2, -0.15) is 4.98 Å². The van der Waals surface area contributed by atoms with Crippen LogP contribution in [0.25, 0.3) is 11.0 Å². The molecule has 0 aliphatic rings. The van der Waals surface area contributed by atoms with Gasteiger partial charge in [0.15, 0.2) is 11.8 Å². The average Bonchev–Trinajstić information content (AvgIpc) is 3.18. The van der Waals surface area contributed by atoms with Crippen molar-refractivity contribution in [3.8, 4) is 0 Å². The summed E-state index contributed by atoms with van der Waals surface area (Å²) in [4.78, 5) is 8.43. The van der Waals surface area contributed by atoms with Crippen molar-refractivity contribution >= 4 is 16.9 Å². The van der Waals surface area contributed by atoms with Gasteiger partial charge in [0.05, 0.1) is 6.54 Å². The molecule has 0 amide bonds. The lowest BCUT2D eigenvalue weighted by molar-refractivity contribution is 0.372. The fraction of sp³-hybridized carbons (Fsp3) is 0.389. The highest BCUT2D eigenvalue weighted by atomic mass is 16.5. The summed E-state index contributed by atoms with van der Waals surface area (Å²) in [6, 6.07) is 8.06. The van der Waals surface area contributed by atoms with Gasteiger partial charge in [-0.25, -0.2) is 0 Å². The van der Waals surface area contributed by atoms with Crippen molar-refractivity contribution in [1.29, 1.82) is 0 Å². The van der Waals surface area contributed by atoms with Crippen molar-refractivity contribution in [2.45, 2.75) is 33.2 Å². The molecule has 2 N–H and O–H groups in total. The Balaban J connectivity index is 1.48. The molecular weight excluding hydrogens is 318 g/mol. The van der Waals surface area contributed by atoms with Crippen molar-refractivity contribution in [2.24, 2.45) is 4.99 Å². The Morgan fingerprint density at radius 3 is 2.76 bits per heavy atom. The number of guanidine groups is 1. The van der Waals surface area contributed by atoms with Crippen LogP contribution in [-0.2, 0) is 13.0 Å².